The Balaban J connectivity index is 2.23. The first-order valence-corrected chi connectivity index (χ1v) is 6.14. The maximum atomic E-state index is 8.11. The highest BCUT2D eigenvalue weighted by atomic mass is 35.5. The molecule has 0 nitrogen and oxygen atoms in total. The molecule has 2 atom stereocenters. The minimum Gasteiger partial charge on any atom is -0.118 e. The highest BCUT2D eigenvalue weighted by Gasteiger charge is 2.30. The summed E-state index contributed by atoms with van der Waals surface area (Å²) in [5.74, 6) is -0.316. The third-order valence-electron chi connectivity index (χ3n) is 3.07. The molecule has 2 heteroatoms. The zero-order valence-corrected chi connectivity index (χ0v) is 10.4. The Morgan fingerprint density at radius 1 is 1.12 bits per heavy atom. The molecule has 0 saturated heterocycles. The first-order valence-electron chi connectivity index (χ1n) is 7.83. The van der Waals surface area contributed by atoms with Gasteiger partial charge in [0, 0.05) is 10.9 Å². The molecule has 1 aliphatic rings. The first-order chi connectivity index (χ1) is 10.3. The SMILES string of the molecule is [2H]c1c([2H])c([2H])c(C2CC(Cl)c3cc(Cl)ccc32)c([2H])c1[2H]. The molecule has 0 N–H and O–H groups in total. The van der Waals surface area contributed by atoms with E-state index in [0.717, 1.165) is 11.1 Å². The van der Waals surface area contributed by atoms with Gasteiger partial charge in [-0.3, -0.25) is 0 Å². The molecule has 2 aromatic carbocycles. The van der Waals surface area contributed by atoms with Crippen LogP contribution in [0, 0.1) is 0 Å². The van der Waals surface area contributed by atoms with Gasteiger partial charge in [-0.1, -0.05) is 47.9 Å². The third-order valence-corrected chi connectivity index (χ3v) is 3.72. The van der Waals surface area contributed by atoms with E-state index in [-0.39, 0.29) is 41.5 Å². The first kappa shape index (κ1) is 6.82. The van der Waals surface area contributed by atoms with Gasteiger partial charge in [-0.15, -0.1) is 11.6 Å². The van der Waals surface area contributed by atoms with Crippen LogP contribution in [0.2, 0.25) is 5.02 Å². The van der Waals surface area contributed by atoms with Crippen LogP contribution in [0.5, 0.6) is 0 Å². The Morgan fingerprint density at radius 2 is 1.88 bits per heavy atom. The van der Waals surface area contributed by atoms with Crippen molar-refractivity contribution in [2.45, 2.75) is 17.7 Å². The van der Waals surface area contributed by atoms with Crippen LogP contribution in [0.25, 0.3) is 0 Å². The molecule has 86 valence electrons. The Morgan fingerprint density at radius 3 is 2.65 bits per heavy atom. The van der Waals surface area contributed by atoms with Gasteiger partial charge in [0.05, 0.1) is 12.2 Å². The third kappa shape index (κ3) is 1.96. The molecular formula is C15H12Cl2. The number of rotatable bonds is 1. The van der Waals surface area contributed by atoms with E-state index in [1.807, 2.05) is 6.07 Å². The van der Waals surface area contributed by atoms with Crippen molar-refractivity contribution in [3.05, 3.63) is 70.1 Å². The summed E-state index contributed by atoms with van der Waals surface area (Å²) >= 11 is 12.4. The summed E-state index contributed by atoms with van der Waals surface area (Å²) in [6.07, 6.45) is 0.491. The predicted octanol–water partition coefficient (Wildman–Crippen LogP) is 5.16. The van der Waals surface area contributed by atoms with E-state index < -0.39 is 0 Å². The lowest BCUT2D eigenvalue weighted by atomic mass is 9.93. The topological polar surface area (TPSA) is 0 Å². The van der Waals surface area contributed by atoms with Crippen LogP contribution in [0.4, 0.5) is 0 Å². The van der Waals surface area contributed by atoms with Gasteiger partial charge in [0.15, 0.2) is 0 Å². The quantitative estimate of drug-likeness (QED) is 0.627. The Hall–Kier alpha value is -0.980. The van der Waals surface area contributed by atoms with Crippen LogP contribution in [-0.2, 0) is 0 Å². The second-order valence-electron chi connectivity index (χ2n) is 4.07. The second-order valence-corrected chi connectivity index (χ2v) is 5.03. The largest absolute Gasteiger partial charge is 0.118 e. The van der Waals surface area contributed by atoms with Crippen molar-refractivity contribution in [2.75, 3.05) is 0 Å². The van der Waals surface area contributed by atoms with Crippen LogP contribution in [0.1, 0.15) is 41.3 Å². The molecule has 0 aromatic heterocycles. The van der Waals surface area contributed by atoms with Crippen LogP contribution in [0.3, 0.4) is 0 Å². The van der Waals surface area contributed by atoms with Gasteiger partial charge in [-0.05, 0) is 35.2 Å². The summed E-state index contributed by atoms with van der Waals surface area (Å²) in [6, 6.07) is 4.00. The number of fused-ring (bicyclic) bond motifs is 1. The number of halogens is 2. The Kier molecular flexibility index (Phi) is 1.75. The maximum absolute atomic E-state index is 8.11. The summed E-state index contributed by atoms with van der Waals surface area (Å²) in [5.41, 5.74) is 2.05. The van der Waals surface area contributed by atoms with Crippen molar-refractivity contribution in [1.82, 2.24) is 0 Å². The summed E-state index contributed by atoms with van der Waals surface area (Å²) in [7, 11) is 0. The van der Waals surface area contributed by atoms with Crippen molar-refractivity contribution < 1.29 is 6.85 Å². The van der Waals surface area contributed by atoms with Gasteiger partial charge in [0.25, 0.3) is 0 Å². The van der Waals surface area contributed by atoms with Gasteiger partial charge in [-0.25, -0.2) is 0 Å². The van der Waals surface area contributed by atoms with Crippen molar-refractivity contribution in [2.24, 2.45) is 0 Å². The van der Waals surface area contributed by atoms with E-state index in [9.17, 15) is 0 Å². The molecule has 0 fully saturated rings. The van der Waals surface area contributed by atoms with Gasteiger partial charge in [0.2, 0.25) is 0 Å². The van der Waals surface area contributed by atoms with Gasteiger partial charge >= 0.3 is 0 Å². The van der Waals surface area contributed by atoms with Crippen molar-refractivity contribution in [3.8, 4) is 0 Å². The summed E-state index contributed by atoms with van der Waals surface area (Å²) in [5, 5.41) is 0.294. The lowest BCUT2D eigenvalue weighted by Crippen LogP contribution is -1.95. The van der Waals surface area contributed by atoms with E-state index in [1.54, 1.807) is 12.1 Å². The lowest BCUT2D eigenvalue weighted by Gasteiger charge is -2.11. The molecule has 17 heavy (non-hydrogen) atoms. The smallest absolute Gasteiger partial charge is 0.0626 e. The molecule has 0 spiro atoms. The fraction of sp³-hybridized carbons (Fsp3) is 0.200. The van der Waals surface area contributed by atoms with Crippen LogP contribution in [-0.4, -0.2) is 0 Å². The minimum absolute atomic E-state index is 0.164. The maximum Gasteiger partial charge on any atom is 0.0626 e. The average Bonchev–Trinajstić information content (AvgIpc) is 2.80. The normalized spacial score (nSPS) is 26.6. The molecule has 0 heterocycles. The molecule has 2 unspecified atom stereocenters. The van der Waals surface area contributed by atoms with Crippen molar-refractivity contribution in [1.29, 1.82) is 0 Å². The van der Waals surface area contributed by atoms with E-state index in [0.29, 0.717) is 17.0 Å². The van der Waals surface area contributed by atoms with E-state index in [1.165, 1.54) is 0 Å². The Labute approximate surface area is 118 Å². The summed E-state index contributed by atoms with van der Waals surface area (Å²) in [4.78, 5) is 0. The number of benzene rings is 2. The van der Waals surface area contributed by atoms with Crippen LogP contribution >= 0.6 is 23.2 Å². The molecule has 2 aromatic rings. The highest BCUT2D eigenvalue weighted by molar-refractivity contribution is 6.31. The molecule has 0 bridgehead atoms. The second kappa shape index (κ2) is 4.36. The molecular weight excluding hydrogens is 251 g/mol. The zero-order valence-electron chi connectivity index (χ0n) is 13.8. The number of hydrogen-bond acceptors (Lipinski definition) is 0. The molecule has 0 saturated carbocycles. The van der Waals surface area contributed by atoms with Crippen molar-refractivity contribution >= 4 is 23.2 Å². The highest BCUT2D eigenvalue weighted by Crippen LogP contribution is 2.47. The van der Waals surface area contributed by atoms with E-state index in [2.05, 4.69) is 0 Å². The standard InChI is InChI=1S/C15H12Cl2/c16-11-6-7-12-13(9-15(17)14(12)8-11)10-4-2-1-3-5-10/h1-8,13,15H,9H2/i1D,2D,3D,4D,5D. The lowest BCUT2D eigenvalue weighted by molar-refractivity contribution is 0.771. The molecule has 0 radical (unpaired) electrons. The predicted molar refractivity (Wildman–Crippen MR) is 72.9 cm³/mol. The Bertz CT molecular complexity index is 746. The summed E-state index contributed by atoms with van der Waals surface area (Å²) in [6.45, 7) is 0. The molecule has 1 aliphatic carbocycles. The average molecular weight is 268 g/mol. The molecule has 0 amide bonds. The summed E-state index contributed by atoms with van der Waals surface area (Å²) < 4.78 is 39.5. The van der Waals surface area contributed by atoms with Crippen LogP contribution < -0.4 is 0 Å². The number of alkyl halides is 1. The van der Waals surface area contributed by atoms with E-state index >= 15 is 0 Å². The van der Waals surface area contributed by atoms with Crippen LogP contribution in [0.15, 0.2) is 48.4 Å². The molecule has 3 rings (SSSR count). The fourth-order valence-corrected chi connectivity index (χ4v) is 2.85. The number of hydrogen-bond donors (Lipinski definition) is 0. The monoisotopic (exact) mass is 267 g/mol. The fourth-order valence-electron chi connectivity index (χ4n) is 2.30. The van der Waals surface area contributed by atoms with Gasteiger partial charge < -0.3 is 0 Å². The van der Waals surface area contributed by atoms with Gasteiger partial charge in [-0.2, -0.15) is 0 Å². The minimum atomic E-state index is -0.379. The van der Waals surface area contributed by atoms with Crippen molar-refractivity contribution in [3.63, 3.8) is 0 Å². The zero-order chi connectivity index (χ0) is 16.2. The van der Waals surface area contributed by atoms with E-state index in [4.69, 9.17) is 30.1 Å². The van der Waals surface area contributed by atoms with Gasteiger partial charge in [0.1, 0.15) is 0 Å². The molecule has 0 aliphatic heterocycles.